The van der Waals surface area contributed by atoms with E-state index in [1.165, 1.54) is 0 Å². The van der Waals surface area contributed by atoms with E-state index in [0.717, 1.165) is 47.8 Å². The maximum absolute atomic E-state index is 13.5. The second-order valence-corrected chi connectivity index (χ2v) is 11.0. The predicted octanol–water partition coefficient (Wildman–Crippen LogP) is 2.14. The summed E-state index contributed by atoms with van der Waals surface area (Å²) in [5.74, 6) is -1.92. The minimum absolute atomic E-state index is 0.0425. The van der Waals surface area contributed by atoms with E-state index in [0.29, 0.717) is 19.4 Å². The molecule has 4 atom stereocenters. The smallest absolute Gasteiger partial charge is 0.326 e. The molecular formula is C31H37N5O5. The van der Waals surface area contributed by atoms with Crippen molar-refractivity contribution in [2.45, 2.75) is 69.1 Å². The third-order valence-electron chi connectivity index (χ3n) is 8.03. The normalized spacial score (nSPS) is 20.0. The summed E-state index contributed by atoms with van der Waals surface area (Å²) in [5.41, 5.74) is 2.63. The Morgan fingerprint density at radius 3 is 2.49 bits per heavy atom. The molecule has 10 heteroatoms. The van der Waals surface area contributed by atoms with Gasteiger partial charge in [-0.25, -0.2) is 4.79 Å². The van der Waals surface area contributed by atoms with Gasteiger partial charge in [0.05, 0.1) is 6.04 Å². The Kier molecular flexibility index (Phi) is 8.98. The Labute approximate surface area is 238 Å². The summed E-state index contributed by atoms with van der Waals surface area (Å²) in [7, 11) is 0. The number of carboxylic acid groups (broad SMARTS) is 1. The Balaban J connectivity index is 1.26. The van der Waals surface area contributed by atoms with E-state index < -0.39 is 30.0 Å². The van der Waals surface area contributed by atoms with E-state index in [1.54, 1.807) is 11.1 Å². The molecule has 216 valence electrons. The first-order chi connectivity index (χ1) is 19.9. The van der Waals surface area contributed by atoms with E-state index >= 15 is 0 Å². The molecule has 0 aliphatic carbocycles. The van der Waals surface area contributed by atoms with Crippen LogP contribution in [0.2, 0.25) is 0 Å². The second-order valence-electron chi connectivity index (χ2n) is 11.0. The van der Waals surface area contributed by atoms with Crippen molar-refractivity contribution in [2.75, 3.05) is 13.1 Å². The summed E-state index contributed by atoms with van der Waals surface area (Å²) in [4.78, 5) is 56.6. The Hall–Kier alpha value is -4.18. The number of aliphatic carboxylic acids is 1. The largest absolute Gasteiger partial charge is 0.480 e. The number of fused-ring (bicyclic) bond motifs is 1. The van der Waals surface area contributed by atoms with Gasteiger partial charge < -0.3 is 30.9 Å². The van der Waals surface area contributed by atoms with Crippen molar-refractivity contribution >= 4 is 34.6 Å². The number of nitrogens with one attached hydrogen (secondary N) is 4. The lowest BCUT2D eigenvalue weighted by Crippen LogP contribution is -2.53. The summed E-state index contributed by atoms with van der Waals surface area (Å²) in [6.45, 7) is 1.33. The van der Waals surface area contributed by atoms with Crippen molar-refractivity contribution in [3.63, 3.8) is 0 Å². The fourth-order valence-electron chi connectivity index (χ4n) is 5.97. The number of amides is 3. The number of aromatic nitrogens is 1. The number of nitrogens with zero attached hydrogens (tertiary/aromatic N) is 1. The first-order valence-electron chi connectivity index (χ1n) is 14.3. The molecule has 2 saturated heterocycles. The number of rotatable bonds is 11. The zero-order valence-electron chi connectivity index (χ0n) is 23.0. The second kappa shape index (κ2) is 13.0. The van der Waals surface area contributed by atoms with E-state index in [-0.39, 0.29) is 30.7 Å². The third-order valence-corrected chi connectivity index (χ3v) is 8.03. The number of carbonyl (C=O) groups is 4. The van der Waals surface area contributed by atoms with Crippen LogP contribution in [0.4, 0.5) is 0 Å². The zero-order chi connectivity index (χ0) is 28.8. The average Bonchev–Trinajstić information content (AvgIpc) is 3.74. The van der Waals surface area contributed by atoms with Crippen LogP contribution in [-0.2, 0) is 32.0 Å². The molecule has 3 heterocycles. The minimum atomic E-state index is -1.13. The zero-order valence-corrected chi connectivity index (χ0v) is 23.0. The predicted molar refractivity (Wildman–Crippen MR) is 154 cm³/mol. The van der Waals surface area contributed by atoms with Crippen LogP contribution in [0.5, 0.6) is 0 Å². The molecule has 0 spiro atoms. The number of H-pyrrole nitrogens is 1. The first-order valence-corrected chi connectivity index (χ1v) is 14.3. The van der Waals surface area contributed by atoms with Gasteiger partial charge in [-0.1, -0.05) is 48.5 Å². The van der Waals surface area contributed by atoms with Crippen LogP contribution in [-0.4, -0.2) is 75.9 Å². The summed E-state index contributed by atoms with van der Waals surface area (Å²) >= 11 is 0. The highest BCUT2D eigenvalue weighted by Crippen LogP contribution is 2.22. The Morgan fingerprint density at radius 1 is 0.951 bits per heavy atom. The van der Waals surface area contributed by atoms with Crippen LogP contribution in [0, 0.1) is 0 Å². The Bertz CT molecular complexity index is 1380. The lowest BCUT2D eigenvalue weighted by molar-refractivity contribution is -0.142. The molecule has 2 aromatic carbocycles. The monoisotopic (exact) mass is 559 g/mol. The molecule has 0 bridgehead atoms. The van der Waals surface area contributed by atoms with Crippen LogP contribution in [0.3, 0.4) is 0 Å². The number of para-hydroxylation sites is 1. The highest BCUT2D eigenvalue weighted by Gasteiger charge is 2.38. The van der Waals surface area contributed by atoms with Gasteiger partial charge in [-0.05, 0) is 55.8 Å². The molecule has 5 N–H and O–H groups in total. The highest BCUT2D eigenvalue weighted by molar-refractivity contribution is 5.91. The molecule has 3 amide bonds. The van der Waals surface area contributed by atoms with Gasteiger partial charge in [0, 0.05) is 42.5 Å². The highest BCUT2D eigenvalue weighted by atomic mass is 16.4. The van der Waals surface area contributed by atoms with Crippen molar-refractivity contribution in [1.29, 1.82) is 0 Å². The van der Waals surface area contributed by atoms with Gasteiger partial charge >= 0.3 is 5.97 Å². The molecule has 1 unspecified atom stereocenters. The van der Waals surface area contributed by atoms with Gasteiger partial charge in [0.2, 0.25) is 17.7 Å². The fourth-order valence-corrected chi connectivity index (χ4v) is 5.97. The third kappa shape index (κ3) is 6.94. The van der Waals surface area contributed by atoms with Crippen LogP contribution < -0.4 is 16.0 Å². The lowest BCUT2D eigenvalue weighted by Gasteiger charge is -2.28. The van der Waals surface area contributed by atoms with Gasteiger partial charge in [-0.3, -0.25) is 14.4 Å². The van der Waals surface area contributed by atoms with E-state index in [2.05, 4.69) is 20.9 Å². The molecule has 0 radical (unpaired) electrons. The maximum Gasteiger partial charge on any atom is 0.326 e. The molecule has 1 aromatic heterocycles. The van der Waals surface area contributed by atoms with Crippen molar-refractivity contribution in [2.24, 2.45) is 0 Å². The van der Waals surface area contributed by atoms with Crippen LogP contribution >= 0.6 is 0 Å². The molecule has 41 heavy (non-hydrogen) atoms. The van der Waals surface area contributed by atoms with E-state index in [4.69, 9.17) is 0 Å². The van der Waals surface area contributed by atoms with Crippen LogP contribution in [0.1, 0.15) is 43.2 Å². The SMILES string of the molecule is O=C(CC(Cc1ccccc1)NC(=O)[C@@H]1CCCN1C(=O)[C@@H]1CCCN1)N[C@@H](Cc1c[nH]c2ccccc12)C(=O)O. The fraction of sp³-hybridized carbons (Fsp3) is 0.419. The maximum atomic E-state index is 13.5. The topological polar surface area (TPSA) is 144 Å². The number of carbonyl (C=O) groups excluding carboxylic acids is 3. The lowest BCUT2D eigenvalue weighted by atomic mass is 10.0. The van der Waals surface area contributed by atoms with Crippen molar-refractivity contribution in [1.82, 2.24) is 25.8 Å². The average molecular weight is 560 g/mol. The van der Waals surface area contributed by atoms with Gasteiger partial charge in [0.15, 0.2) is 0 Å². The molecule has 3 aromatic rings. The van der Waals surface area contributed by atoms with Gasteiger partial charge in [-0.2, -0.15) is 0 Å². The first kappa shape index (κ1) is 28.4. The molecule has 2 fully saturated rings. The Morgan fingerprint density at radius 2 is 1.73 bits per heavy atom. The molecule has 5 rings (SSSR count). The number of likely N-dealkylation sites (tertiary alicyclic amines) is 1. The van der Waals surface area contributed by atoms with Crippen molar-refractivity contribution in [3.8, 4) is 0 Å². The van der Waals surface area contributed by atoms with Crippen molar-refractivity contribution < 1.29 is 24.3 Å². The van der Waals surface area contributed by atoms with Crippen LogP contribution in [0.15, 0.2) is 60.8 Å². The molecule has 2 aliphatic rings. The molecule has 0 saturated carbocycles. The standard InChI is InChI=1S/C31H37N5O5/c37-28(35-26(31(40)41)17-21-19-33-24-11-5-4-10-23(21)24)18-22(16-20-8-2-1-3-9-20)34-29(38)27-13-7-15-36(27)30(39)25-12-6-14-32-25/h1-5,8-11,19,22,25-27,32-33H,6-7,12-18H2,(H,34,38)(H,35,37)(H,40,41)/t22?,25-,26-,27-/m0/s1. The van der Waals surface area contributed by atoms with Gasteiger partial charge in [0.1, 0.15) is 12.1 Å². The quantitative estimate of drug-likeness (QED) is 0.244. The number of hydrogen-bond acceptors (Lipinski definition) is 5. The summed E-state index contributed by atoms with van der Waals surface area (Å²) in [6, 6.07) is 14.6. The number of hydrogen-bond donors (Lipinski definition) is 5. The van der Waals surface area contributed by atoms with Crippen molar-refractivity contribution in [3.05, 3.63) is 71.9 Å². The van der Waals surface area contributed by atoms with Gasteiger partial charge in [-0.15, -0.1) is 0 Å². The number of aromatic amines is 1. The number of benzene rings is 2. The molecule has 10 nitrogen and oxygen atoms in total. The summed E-state index contributed by atoms with van der Waals surface area (Å²) in [5, 5.41) is 19.7. The van der Waals surface area contributed by atoms with E-state index in [1.807, 2.05) is 54.6 Å². The molecule has 2 aliphatic heterocycles. The van der Waals surface area contributed by atoms with Crippen LogP contribution in [0.25, 0.3) is 10.9 Å². The van der Waals surface area contributed by atoms with E-state index in [9.17, 15) is 24.3 Å². The summed E-state index contributed by atoms with van der Waals surface area (Å²) < 4.78 is 0. The molecular weight excluding hydrogens is 522 g/mol. The number of carboxylic acids is 1. The van der Waals surface area contributed by atoms with Gasteiger partial charge in [0.25, 0.3) is 0 Å². The summed E-state index contributed by atoms with van der Waals surface area (Å²) in [6.07, 6.45) is 5.20. The minimum Gasteiger partial charge on any atom is -0.480 e.